The topological polar surface area (TPSA) is 3.24 Å². The van der Waals surface area contributed by atoms with Crippen molar-refractivity contribution in [3.05, 3.63) is 0 Å². The second kappa shape index (κ2) is 4.45. The number of rotatable bonds is 0. The molecule has 0 bridgehead atoms. The van der Waals surface area contributed by atoms with E-state index in [1.165, 1.54) is 32.4 Å². The Balaban J connectivity index is 0.000000531. The van der Waals surface area contributed by atoms with Crippen molar-refractivity contribution < 1.29 is 0 Å². The highest BCUT2D eigenvalue weighted by Crippen LogP contribution is 2.56. The molecule has 1 atom stereocenters. The number of likely N-dealkylation sites (tertiary alicyclic amines) is 1. The normalized spacial score (nSPS) is 32.8. The first kappa shape index (κ1) is 13.0. The third kappa shape index (κ3) is 2.96. The molecule has 2 rings (SSSR count). The van der Waals surface area contributed by atoms with Crippen molar-refractivity contribution in [1.29, 1.82) is 0 Å². The molecule has 2 fully saturated rings. The van der Waals surface area contributed by atoms with Gasteiger partial charge in [-0.05, 0) is 43.1 Å². The van der Waals surface area contributed by atoms with Crippen LogP contribution in [0.2, 0.25) is 0 Å². The van der Waals surface area contributed by atoms with E-state index in [1.807, 2.05) is 13.8 Å². The summed E-state index contributed by atoms with van der Waals surface area (Å²) in [6, 6.07) is 0. The van der Waals surface area contributed by atoms with Crippen LogP contribution in [0, 0.1) is 16.7 Å². The van der Waals surface area contributed by atoms with Gasteiger partial charge < -0.3 is 4.90 Å². The van der Waals surface area contributed by atoms with Crippen LogP contribution in [0.1, 0.15) is 53.9 Å². The summed E-state index contributed by atoms with van der Waals surface area (Å²) < 4.78 is 0. The molecule has 0 aromatic rings. The first-order chi connectivity index (χ1) is 6.94. The van der Waals surface area contributed by atoms with E-state index < -0.39 is 0 Å². The lowest BCUT2D eigenvalue weighted by Crippen LogP contribution is -2.31. The van der Waals surface area contributed by atoms with Gasteiger partial charge in [-0.3, -0.25) is 0 Å². The summed E-state index contributed by atoms with van der Waals surface area (Å²) in [7, 11) is 2.29. The molecule has 0 aromatic carbocycles. The van der Waals surface area contributed by atoms with E-state index in [2.05, 4.69) is 32.7 Å². The zero-order chi connectivity index (χ0) is 11.7. The first-order valence-electron chi connectivity index (χ1n) is 6.62. The highest BCUT2D eigenvalue weighted by Gasteiger charge is 2.50. The molecular formula is C14H29N. The van der Waals surface area contributed by atoms with Gasteiger partial charge in [-0.2, -0.15) is 0 Å². The van der Waals surface area contributed by atoms with E-state index >= 15 is 0 Å². The standard InChI is InChI=1S/C12H23N.C2H6/c1-10-7-11(2,3)8-13(4)9-12(10)5-6-12;1-2/h10H,5-9H2,1-4H3;1-2H3. The fourth-order valence-electron chi connectivity index (χ4n) is 3.40. The highest BCUT2D eigenvalue weighted by molar-refractivity contribution is 5.02. The lowest BCUT2D eigenvalue weighted by Gasteiger charge is -2.27. The highest BCUT2D eigenvalue weighted by atomic mass is 15.1. The molecule has 1 nitrogen and oxygen atoms in total. The molecular weight excluding hydrogens is 182 g/mol. The van der Waals surface area contributed by atoms with E-state index in [4.69, 9.17) is 0 Å². The summed E-state index contributed by atoms with van der Waals surface area (Å²) >= 11 is 0. The van der Waals surface area contributed by atoms with Crippen LogP contribution in [0.4, 0.5) is 0 Å². The van der Waals surface area contributed by atoms with E-state index in [0.29, 0.717) is 5.41 Å². The Labute approximate surface area is 96.2 Å². The van der Waals surface area contributed by atoms with E-state index in [1.54, 1.807) is 0 Å². The number of hydrogen-bond acceptors (Lipinski definition) is 1. The molecule has 0 N–H and O–H groups in total. The van der Waals surface area contributed by atoms with Gasteiger partial charge in [0.2, 0.25) is 0 Å². The molecule has 1 aliphatic carbocycles. The molecule has 15 heavy (non-hydrogen) atoms. The van der Waals surface area contributed by atoms with Crippen LogP contribution >= 0.6 is 0 Å². The molecule has 90 valence electrons. The maximum atomic E-state index is 2.55. The van der Waals surface area contributed by atoms with Crippen molar-refractivity contribution >= 4 is 0 Å². The van der Waals surface area contributed by atoms with Crippen LogP contribution in [-0.4, -0.2) is 25.0 Å². The minimum absolute atomic E-state index is 0.528. The maximum Gasteiger partial charge on any atom is 0.00377 e. The molecule has 0 aromatic heterocycles. The van der Waals surface area contributed by atoms with Crippen LogP contribution in [0.15, 0.2) is 0 Å². The van der Waals surface area contributed by atoms with Gasteiger partial charge >= 0.3 is 0 Å². The molecule has 0 amide bonds. The predicted molar refractivity (Wildman–Crippen MR) is 68.1 cm³/mol. The zero-order valence-electron chi connectivity index (χ0n) is 11.6. The summed E-state index contributed by atoms with van der Waals surface area (Å²) in [5.74, 6) is 0.937. The van der Waals surface area contributed by atoms with Crippen molar-refractivity contribution in [2.75, 3.05) is 20.1 Å². The Morgan fingerprint density at radius 2 is 1.60 bits per heavy atom. The lowest BCUT2D eigenvalue weighted by molar-refractivity contribution is 0.220. The zero-order valence-corrected chi connectivity index (χ0v) is 11.6. The molecule has 0 radical (unpaired) electrons. The molecule has 1 saturated carbocycles. The minimum Gasteiger partial charge on any atom is -0.305 e. The van der Waals surface area contributed by atoms with E-state index in [0.717, 1.165) is 11.3 Å². The molecule has 1 saturated heterocycles. The van der Waals surface area contributed by atoms with Gasteiger partial charge in [-0.15, -0.1) is 0 Å². The fourth-order valence-corrected chi connectivity index (χ4v) is 3.40. The second-order valence-electron chi connectivity index (χ2n) is 6.30. The molecule has 2 aliphatic rings. The molecule has 1 heteroatoms. The molecule has 1 heterocycles. The number of nitrogens with zero attached hydrogens (tertiary/aromatic N) is 1. The van der Waals surface area contributed by atoms with Crippen molar-refractivity contribution in [3.8, 4) is 0 Å². The van der Waals surface area contributed by atoms with Crippen molar-refractivity contribution in [2.45, 2.75) is 53.9 Å². The third-order valence-electron chi connectivity index (χ3n) is 4.08. The van der Waals surface area contributed by atoms with Crippen LogP contribution in [0.5, 0.6) is 0 Å². The van der Waals surface area contributed by atoms with Gasteiger partial charge in [0, 0.05) is 13.1 Å². The monoisotopic (exact) mass is 211 g/mol. The molecule has 1 unspecified atom stereocenters. The average molecular weight is 211 g/mol. The number of hydrogen-bond donors (Lipinski definition) is 0. The van der Waals surface area contributed by atoms with Crippen molar-refractivity contribution in [2.24, 2.45) is 16.7 Å². The predicted octanol–water partition coefficient (Wildman–Crippen LogP) is 3.79. The van der Waals surface area contributed by atoms with Gasteiger partial charge in [0.05, 0.1) is 0 Å². The van der Waals surface area contributed by atoms with Gasteiger partial charge in [-0.25, -0.2) is 0 Å². The van der Waals surface area contributed by atoms with Gasteiger partial charge in [0.25, 0.3) is 0 Å². The minimum atomic E-state index is 0.528. The average Bonchev–Trinajstić information content (AvgIpc) is 2.86. The van der Waals surface area contributed by atoms with Crippen LogP contribution < -0.4 is 0 Å². The summed E-state index contributed by atoms with van der Waals surface area (Å²) in [6.07, 6.45) is 4.38. The molecule has 1 spiro atoms. The Morgan fingerprint density at radius 1 is 1.07 bits per heavy atom. The summed E-state index contributed by atoms with van der Waals surface area (Å²) in [6.45, 7) is 13.9. The Kier molecular flexibility index (Phi) is 3.86. The second-order valence-corrected chi connectivity index (χ2v) is 6.30. The Hall–Kier alpha value is -0.0400. The van der Waals surface area contributed by atoms with Crippen LogP contribution in [0.25, 0.3) is 0 Å². The lowest BCUT2D eigenvalue weighted by atomic mass is 9.78. The van der Waals surface area contributed by atoms with Crippen molar-refractivity contribution in [1.82, 2.24) is 4.90 Å². The van der Waals surface area contributed by atoms with Gasteiger partial charge in [0.15, 0.2) is 0 Å². The summed E-state index contributed by atoms with van der Waals surface area (Å²) in [4.78, 5) is 2.55. The fraction of sp³-hybridized carbons (Fsp3) is 1.00. The van der Waals surface area contributed by atoms with Crippen LogP contribution in [-0.2, 0) is 0 Å². The maximum absolute atomic E-state index is 2.55. The van der Waals surface area contributed by atoms with E-state index in [9.17, 15) is 0 Å². The van der Waals surface area contributed by atoms with E-state index in [-0.39, 0.29) is 0 Å². The summed E-state index contributed by atoms with van der Waals surface area (Å²) in [5, 5.41) is 0. The van der Waals surface area contributed by atoms with Crippen LogP contribution in [0.3, 0.4) is 0 Å². The summed E-state index contributed by atoms with van der Waals surface area (Å²) in [5.41, 5.74) is 1.25. The van der Waals surface area contributed by atoms with Gasteiger partial charge in [0.1, 0.15) is 0 Å². The Bertz CT molecular complexity index is 203. The SMILES string of the molecule is CC.CC1CC(C)(C)CN(C)CC12CC2. The van der Waals surface area contributed by atoms with Crippen molar-refractivity contribution in [3.63, 3.8) is 0 Å². The van der Waals surface area contributed by atoms with Gasteiger partial charge in [-0.1, -0.05) is 34.6 Å². The Morgan fingerprint density at radius 3 is 2.07 bits per heavy atom. The largest absolute Gasteiger partial charge is 0.305 e. The third-order valence-corrected chi connectivity index (χ3v) is 4.08. The quantitative estimate of drug-likeness (QED) is 0.589. The smallest absolute Gasteiger partial charge is 0.00377 e. The molecule has 1 aliphatic heterocycles. The first-order valence-corrected chi connectivity index (χ1v) is 6.62.